The van der Waals surface area contributed by atoms with E-state index in [0.717, 1.165) is 11.3 Å². The van der Waals surface area contributed by atoms with E-state index in [9.17, 15) is 4.79 Å². The molecule has 0 saturated carbocycles. The summed E-state index contributed by atoms with van der Waals surface area (Å²) in [5.41, 5.74) is 3.08. The van der Waals surface area contributed by atoms with Crippen molar-refractivity contribution in [2.45, 2.75) is 20.4 Å². The summed E-state index contributed by atoms with van der Waals surface area (Å²) >= 11 is 0. The van der Waals surface area contributed by atoms with Crippen LogP contribution in [-0.2, 0) is 6.54 Å². The second-order valence-electron chi connectivity index (χ2n) is 3.96. The number of hydrogen-bond acceptors (Lipinski definition) is 2. The Kier molecular flexibility index (Phi) is 2.86. The van der Waals surface area contributed by atoms with E-state index in [-0.39, 0.29) is 5.56 Å². The predicted molar refractivity (Wildman–Crippen MR) is 63.5 cm³/mol. The second kappa shape index (κ2) is 4.31. The van der Waals surface area contributed by atoms with Crippen LogP contribution in [0.5, 0.6) is 0 Å². The first-order valence-corrected chi connectivity index (χ1v) is 5.25. The molecule has 0 radical (unpaired) electrons. The number of hydrogen-bond donors (Lipinski definition) is 0. The first kappa shape index (κ1) is 10.6. The molecule has 1 aromatic heterocycles. The third-order valence-electron chi connectivity index (χ3n) is 2.41. The standard InChI is InChI=1S/C13H14N2O/c1-10-4-3-5-12(8-10)9-15-13(16)7-6-11(2)14-15/h3-8H,9H2,1-2H3. The summed E-state index contributed by atoms with van der Waals surface area (Å²) in [6.07, 6.45) is 0. The number of aryl methyl sites for hydroxylation is 2. The minimum Gasteiger partial charge on any atom is -0.268 e. The Morgan fingerprint density at radius 2 is 2.00 bits per heavy atom. The molecule has 0 atom stereocenters. The van der Waals surface area contributed by atoms with Crippen molar-refractivity contribution in [1.29, 1.82) is 0 Å². The zero-order valence-electron chi connectivity index (χ0n) is 9.47. The Morgan fingerprint density at radius 1 is 1.19 bits per heavy atom. The van der Waals surface area contributed by atoms with Crippen LogP contribution in [0.25, 0.3) is 0 Å². The van der Waals surface area contributed by atoms with Gasteiger partial charge in [0.25, 0.3) is 5.56 Å². The number of aromatic nitrogens is 2. The molecule has 0 aliphatic rings. The zero-order valence-corrected chi connectivity index (χ0v) is 9.47. The van der Waals surface area contributed by atoms with Gasteiger partial charge in [0.2, 0.25) is 0 Å². The van der Waals surface area contributed by atoms with Gasteiger partial charge in [-0.05, 0) is 25.5 Å². The van der Waals surface area contributed by atoms with Crippen LogP contribution in [0.1, 0.15) is 16.8 Å². The van der Waals surface area contributed by atoms with Gasteiger partial charge in [0.1, 0.15) is 0 Å². The van der Waals surface area contributed by atoms with Crippen molar-refractivity contribution in [3.05, 3.63) is 63.6 Å². The van der Waals surface area contributed by atoms with E-state index in [1.54, 1.807) is 12.1 Å². The van der Waals surface area contributed by atoms with Gasteiger partial charge in [-0.2, -0.15) is 5.10 Å². The van der Waals surface area contributed by atoms with Gasteiger partial charge in [-0.1, -0.05) is 29.8 Å². The Bertz CT molecular complexity index is 558. The maximum absolute atomic E-state index is 11.6. The lowest BCUT2D eigenvalue weighted by Crippen LogP contribution is -2.22. The van der Waals surface area contributed by atoms with Crippen LogP contribution in [0, 0.1) is 13.8 Å². The maximum Gasteiger partial charge on any atom is 0.267 e. The van der Waals surface area contributed by atoms with E-state index < -0.39 is 0 Å². The average Bonchev–Trinajstić information content (AvgIpc) is 2.24. The van der Waals surface area contributed by atoms with Crippen molar-refractivity contribution < 1.29 is 0 Å². The monoisotopic (exact) mass is 214 g/mol. The lowest BCUT2D eigenvalue weighted by atomic mass is 10.1. The molecule has 2 aromatic rings. The van der Waals surface area contributed by atoms with Crippen LogP contribution in [0.15, 0.2) is 41.2 Å². The smallest absolute Gasteiger partial charge is 0.267 e. The number of rotatable bonds is 2. The van der Waals surface area contributed by atoms with Gasteiger partial charge in [-0.25, -0.2) is 4.68 Å². The molecule has 0 bridgehead atoms. The largest absolute Gasteiger partial charge is 0.268 e. The minimum atomic E-state index is -0.0629. The Morgan fingerprint density at radius 3 is 2.75 bits per heavy atom. The molecule has 3 nitrogen and oxygen atoms in total. The first-order valence-electron chi connectivity index (χ1n) is 5.25. The van der Waals surface area contributed by atoms with E-state index in [0.29, 0.717) is 6.54 Å². The number of nitrogens with zero attached hydrogens (tertiary/aromatic N) is 2. The Hall–Kier alpha value is -1.90. The van der Waals surface area contributed by atoms with Crippen molar-refractivity contribution in [3.8, 4) is 0 Å². The van der Waals surface area contributed by atoms with E-state index in [4.69, 9.17) is 0 Å². The molecular formula is C13H14N2O. The van der Waals surface area contributed by atoms with Crippen LogP contribution in [0.2, 0.25) is 0 Å². The van der Waals surface area contributed by atoms with Crippen LogP contribution in [-0.4, -0.2) is 9.78 Å². The molecular weight excluding hydrogens is 200 g/mol. The highest BCUT2D eigenvalue weighted by Crippen LogP contribution is 2.04. The van der Waals surface area contributed by atoms with Gasteiger partial charge in [0.05, 0.1) is 12.2 Å². The minimum absolute atomic E-state index is 0.0629. The van der Waals surface area contributed by atoms with Gasteiger partial charge < -0.3 is 0 Å². The van der Waals surface area contributed by atoms with Crippen molar-refractivity contribution in [2.75, 3.05) is 0 Å². The summed E-state index contributed by atoms with van der Waals surface area (Å²) in [4.78, 5) is 11.6. The molecule has 3 heteroatoms. The molecule has 0 amide bonds. The normalized spacial score (nSPS) is 10.4. The fraction of sp³-hybridized carbons (Fsp3) is 0.231. The molecule has 2 rings (SSSR count). The third-order valence-corrected chi connectivity index (χ3v) is 2.41. The molecule has 0 fully saturated rings. The highest BCUT2D eigenvalue weighted by molar-refractivity contribution is 5.22. The fourth-order valence-corrected chi connectivity index (χ4v) is 1.65. The third kappa shape index (κ3) is 2.37. The molecule has 16 heavy (non-hydrogen) atoms. The summed E-state index contributed by atoms with van der Waals surface area (Å²) in [6.45, 7) is 4.45. The highest BCUT2D eigenvalue weighted by atomic mass is 16.1. The van der Waals surface area contributed by atoms with Crippen LogP contribution < -0.4 is 5.56 Å². The van der Waals surface area contributed by atoms with E-state index in [1.165, 1.54) is 10.2 Å². The molecule has 1 heterocycles. The average molecular weight is 214 g/mol. The molecule has 0 saturated heterocycles. The van der Waals surface area contributed by atoms with Gasteiger partial charge in [-0.3, -0.25) is 4.79 Å². The maximum atomic E-state index is 11.6. The summed E-state index contributed by atoms with van der Waals surface area (Å²) < 4.78 is 1.49. The Balaban J connectivity index is 2.34. The molecule has 82 valence electrons. The second-order valence-corrected chi connectivity index (χ2v) is 3.96. The van der Waals surface area contributed by atoms with E-state index in [2.05, 4.69) is 11.2 Å². The SMILES string of the molecule is Cc1cccc(Cn2nc(C)ccc2=O)c1. The summed E-state index contributed by atoms with van der Waals surface area (Å²) in [5.74, 6) is 0. The fourth-order valence-electron chi connectivity index (χ4n) is 1.65. The lowest BCUT2D eigenvalue weighted by Gasteiger charge is -2.05. The molecule has 0 N–H and O–H groups in total. The lowest BCUT2D eigenvalue weighted by molar-refractivity contribution is 0.628. The van der Waals surface area contributed by atoms with Gasteiger partial charge in [0, 0.05) is 6.07 Å². The highest BCUT2D eigenvalue weighted by Gasteiger charge is 1.99. The van der Waals surface area contributed by atoms with Gasteiger partial charge in [-0.15, -0.1) is 0 Å². The van der Waals surface area contributed by atoms with Gasteiger partial charge >= 0.3 is 0 Å². The predicted octanol–water partition coefficient (Wildman–Crippen LogP) is 1.91. The van der Waals surface area contributed by atoms with E-state index in [1.807, 2.05) is 32.0 Å². The topological polar surface area (TPSA) is 34.9 Å². The van der Waals surface area contributed by atoms with Crippen molar-refractivity contribution in [3.63, 3.8) is 0 Å². The van der Waals surface area contributed by atoms with Crippen molar-refractivity contribution in [2.24, 2.45) is 0 Å². The van der Waals surface area contributed by atoms with Crippen LogP contribution in [0.3, 0.4) is 0 Å². The van der Waals surface area contributed by atoms with Crippen LogP contribution in [0.4, 0.5) is 0 Å². The molecule has 0 spiro atoms. The molecule has 0 unspecified atom stereocenters. The van der Waals surface area contributed by atoms with Gasteiger partial charge in [0.15, 0.2) is 0 Å². The number of benzene rings is 1. The molecule has 1 aromatic carbocycles. The van der Waals surface area contributed by atoms with Crippen molar-refractivity contribution in [1.82, 2.24) is 9.78 Å². The first-order chi connectivity index (χ1) is 7.65. The molecule has 0 aliphatic heterocycles. The summed E-state index contributed by atoms with van der Waals surface area (Å²) in [5, 5.41) is 4.20. The summed E-state index contributed by atoms with van der Waals surface area (Å²) in [6, 6.07) is 11.4. The van der Waals surface area contributed by atoms with Crippen LogP contribution >= 0.6 is 0 Å². The van der Waals surface area contributed by atoms with E-state index >= 15 is 0 Å². The van der Waals surface area contributed by atoms with Crippen molar-refractivity contribution >= 4 is 0 Å². The quantitative estimate of drug-likeness (QED) is 0.765. The zero-order chi connectivity index (χ0) is 11.5. The Labute approximate surface area is 94.4 Å². The molecule has 0 aliphatic carbocycles. The summed E-state index contributed by atoms with van der Waals surface area (Å²) in [7, 11) is 0.